The summed E-state index contributed by atoms with van der Waals surface area (Å²) < 4.78 is 8.12. The zero-order valence-corrected chi connectivity index (χ0v) is 26.1. The van der Waals surface area contributed by atoms with E-state index in [1.807, 2.05) is 60.7 Å². The Morgan fingerprint density at radius 1 is 0.933 bits per heavy atom. The lowest BCUT2D eigenvalue weighted by Crippen LogP contribution is -2.45. The van der Waals surface area contributed by atoms with Gasteiger partial charge in [-0.05, 0) is 61.9 Å². The number of nitrogens with one attached hydrogen (secondary N) is 2. The summed E-state index contributed by atoms with van der Waals surface area (Å²) in [5.41, 5.74) is 7.27. The molecule has 1 fully saturated rings. The quantitative estimate of drug-likeness (QED) is 0.200. The van der Waals surface area contributed by atoms with Gasteiger partial charge in [-0.2, -0.15) is 0 Å². The van der Waals surface area contributed by atoms with E-state index in [-0.39, 0.29) is 18.1 Å². The molecule has 0 saturated carbocycles. The molecule has 2 aromatic heterocycles. The minimum absolute atomic E-state index is 0.0601. The predicted molar refractivity (Wildman–Crippen MR) is 180 cm³/mol. The largest absolute Gasteiger partial charge is 0.372 e. The molecule has 7 rings (SSSR count). The van der Waals surface area contributed by atoms with Crippen molar-refractivity contribution in [1.29, 1.82) is 0 Å². The maximum atomic E-state index is 12.8. The molecule has 2 N–H and O–H groups in total. The van der Waals surface area contributed by atoms with Gasteiger partial charge in [0.05, 0.1) is 35.7 Å². The molecule has 2 aliphatic heterocycles. The molecule has 0 bridgehead atoms. The summed E-state index contributed by atoms with van der Waals surface area (Å²) in [4.78, 5) is 29.6. The Bertz CT molecular complexity index is 1800. The minimum atomic E-state index is -0.0601. The monoisotopic (exact) mass is 617 g/mol. The average Bonchev–Trinajstić information content (AvgIpc) is 3.64. The summed E-state index contributed by atoms with van der Waals surface area (Å²) >= 11 is 1.74. The van der Waals surface area contributed by atoms with Crippen molar-refractivity contribution >= 4 is 40.7 Å². The molecule has 1 saturated heterocycles. The number of carbonyl (C=O) groups excluding carboxylic acids is 1. The number of ether oxygens (including phenoxy) is 1. The number of imidazole rings is 1. The standard InChI is InChI=1S/C35H35N7O2S/c1-23-21-41(22-24(2)44-23)29-13-11-27(12-14-29)38-34-36-16-15-30(39-34)33-32(40-35-42(33)17-18-45-35)26-9-6-10-28(20-26)37-31(43)19-25-7-4-3-5-8-25/h3-16,20,23-24H,17-19,21-22H2,1-2H3,(H,37,43)(H,36,38,39)/t23-,24+. The van der Waals surface area contributed by atoms with Crippen molar-refractivity contribution in [2.45, 2.75) is 44.2 Å². The van der Waals surface area contributed by atoms with Gasteiger partial charge >= 0.3 is 0 Å². The maximum absolute atomic E-state index is 12.8. The van der Waals surface area contributed by atoms with E-state index < -0.39 is 0 Å². The number of amides is 1. The summed E-state index contributed by atoms with van der Waals surface area (Å²) in [5, 5.41) is 7.40. The molecule has 0 radical (unpaired) electrons. The average molecular weight is 618 g/mol. The first-order valence-electron chi connectivity index (χ1n) is 15.3. The summed E-state index contributed by atoms with van der Waals surface area (Å²) in [6, 6.07) is 27.9. The zero-order chi connectivity index (χ0) is 30.8. The first-order valence-corrected chi connectivity index (χ1v) is 16.3. The highest BCUT2D eigenvalue weighted by Crippen LogP contribution is 2.39. The fourth-order valence-corrected chi connectivity index (χ4v) is 6.94. The van der Waals surface area contributed by atoms with Crippen molar-refractivity contribution in [2.75, 3.05) is 34.4 Å². The topological polar surface area (TPSA) is 97.2 Å². The molecule has 0 aliphatic carbocycles. The minimum Gasteiger partial charge on any atom is -0.372 e. The summed E-state index contributed by atoms with van der Waals surface area (Å²) in [6.45, 7) is 6.83. The van der Waals surface area contributed by atoms with E-state index in [0.717, 1.165) is 70.1 Å². The van der Waals surface area contributed by atoms with E-state index in [1.54, 1.807) is 18.0 Å². The number of morpholine rings is 1. The van der Waals surface area contributed by atoms with Crippen LogP contribution in [-0.2, 0) is 22.5 Å². The van der Waals surface area contributed by atoms with Gasteiger partial charge in [0.1, 0.15) is 0 Å². The number of anilines is 4. The number of benzene rings is 3. The molecular weight excluding hydrogens is 582 g/mol. The van der Waals surface area contributed by atoms with Crippen LogP contribution >= 0.6 is 11.8 Å². The van der Waals surface area contributed by atoms with Crippen molar-refractivity contribution in [3.8, 4) is 22.6 Å². The zero-order valence-electron chi connectivity index (χ0n) is 25.3. The molecule has 1 amide bonds. The Morgan fingerprint density at radius 2 is 1.73 bits per heavy atom. The molecule has 4 heterocycles. The third-order valence-electron chi connectivity index (χ3n) is 7.91. The summed E-state index contributed by atoms with van der Waals surface area (Å²) in [7, 11) is 0. The first kappa shape index (κ1) is 29.1. The molecule has 2 aliphatic rings. The molecule has 228 valence electrons. The van der Waals surface area contributed by atoms with Crippen LogP contribution in [0.5, 0.6) is 0 Å². The highest BCUT2D eigenvalue weighted by molar-refractivity contribution is 7.99. The summed E-state index contributed by atoms with van der Waals surface area (Å²) in [5.74, 6) is 1.42. The lowest BCUT2D eigenvalue weighted by molar-refractivity contribution is -0.115. The molecule has 10 heteroatoms. The Morgan fingerprint density at radius 3 is 2.53 bits per heavy atom. The highest BCUT2D eigenvalue weighted by Gasteiger charge is 2.26. The number of nitrogens with zero attached hydrogens (tertiary/aromatic N) is 5. The van der Waals surface area contributed by atoms with Crippen LogP contribution in [0.15, 0.2) is 96.3 Å². The van der Waals surface area contributed by atoms with E-state index in [9.17, 15) is 4.79 Å². The third kappa shape index (κ3) is 6.57. The van der Waals surface area contributed by atoms with E-state index in [2.05, 4.69) is 63.2 Å². The molecule has 0 unspecified atom stereocenters. The van der Waals surface area contributed by atoms with E-state index in [1.165, 1.54) is 5.69 Å². The van der Waals surface area contributed by atoms with Crippen molar-refractivity contribution in [1.82, 2.24) is 19.5 Å². The van der Waals surface area contributed by atoms with Crippen LogP contribution in [0.2, 0.25) is 0 Å². The van der Waals surface area contributed by atoms with Gasteiger partial charge < -0.3 is 24.8 Å². The van der Waals surface area contributed by atoms with Crippen molar-refractivity contribution in [2.24, 2.45) is 0 Å². The van der Waals surface area contributed by atoms with E-state index >= 15 is 0 Å². The lowest BCUT2D eigenvalue weighted by Gasteiger charge is -2.36. The highest BCUT2D eigenvalue weighted by atomic mass is 32.2. The normalized spacial score (nSPS) is 17.6. The SMILES string of the molecule is C[C@@H]1CN(c2ccc(Nc3nccc(-c4c(-c5cccc(NC(=O)Cc6ccccc6)c5)nc5n4CCS5)n3)cc2)C[C@H](C)O1. The summed E-state index contributed by atoms with van der Waals surface area (Å²) in [6.07, 6.45) is 2.51. The number of hydrogen-bond acceptors (Lipinski definition) is 8. The van der Waals surface area contributed by atoms with Crippen LogP contribution in [-0.4, -0.2) is 56.5 Å². The third-order valence-corrected chi connectivity index (χ3v) is 8.87. The molecule has 2 atom stereocenters. The second kappa shape index (κ2) is 12.7. The first-order chi connectivity index (χ1) is 22.0. The number of rotatable bonds is 8. The Kier molecular flexibility index (Phi) is 8.23. The van der Waals surface area contributed by atoms with E-state index in [0.29, 0.717) is 12.4 Å². The van der Waals surface area contributed by atoms with Crippen molar-refractivity contribution in [3.05, 3.63) is 96.7 Å². The molecular formula is C35H35N7O2S. The Balaban J connectivity index is 1.12. The Hall–Kier alpha value is -4.67. The van der Waals surface area contributed by atoms with Crippen LogP contribution < -0.4 is 15.5 Å². The number of aromatic nitrogens is 4. The molecule has 45 heavy (non-hydrogen) atoms. The number of carbonyl (C=O) groups is 1. The van der Waals surface area contributed by atoms with Crippen LogP contribution in [0.4, 0.5) is 23.0 Å². The van der Waals surface area contributed by atoms with Gasteiger partial charge in [-0.1, -0.05) is 54.2 Å². The Labute approximate surface area is 267 Å². The van der Waals surface area contributed by atoms with Crippen molar-refractivity contribution in [3.63, 3.8) is 0 Å². The van der Waals surface area contributed by atoms with Crippen LogP contribution in [0, 0.1) is 0 Å². The number of fused-ring (bicyclic) bond motifs is 1. The van der Waals surface area contributed by atoms with Gasteiger partial charge in [0.2, 0.25) is 11.9 Å². The van der Waals surface area contributed by atoms with E-state index in [4.69, 9.17) is 14.7 Å². The lowest BCUT2D eigenvalue weighted by atomic mass is 10.1. The molecule has 0 spiro atoms. The fraction of sp³-hybridized carbons (Fsp3) is 0.257. The van der Waals surface area contributed by atoms with Crippen LogP contribution in [0.1, 0.15) is 19.4 Å². The van der Waals surface area contributed by atoms with Gasteiger partial charge in [0, 0.05) is 54.2 Å². The van der Waals surface area contributed by atoms with Gasteiger partial charge in [-0.3, -0.25) is 4.79 Å². The van der Waals surface area contributed by atoms with Crippen LogP contribution in [0.25, 0.3) is 22.6 Å². The number of hydrogen-bond donors (Lipinski definition) is 2. The van der Waals surface area contributed by atoms with Gasteiger partial charge in [-0.15, -0.1) is 0 Å². The van der Waals surface area contributed by atoms with Gasteiger partial charge in [0.25, 0.3) is 0 Å². The molecule has 3 aromatic carbocycles. The number of thioether (sulfide) groups is 1. The fourth-order valence-electron chi connectivity index (χ4n) is 5.99. The second-order valence-electron chi connectivity index (χ2n) is 11.5. The van der Waals surface area contributed by atoms with Crippen LogP contribution in [0.3, 0.4) is 0 Å². The molecule has 9 nitrogen and oxygen atoms in total. The predicted octanol–water partition coefficient (Wildman–Crippen LogP) is 6.65. The van der Waals surface area contributed by atoms with Crippen molar-refractivity contribution < 1.29 is 9.53 Å². The molecule has 5 aromatic rings. The van der Waals surface area contributed by atoms with Gasteiger partial charge in [0.15, 0.2) is 5.16 Å². The maximum Gasteiger partial charge on any atom is 0.228 e. The van der Waals surface area contributed by atoms with Gasteiger partial charge in [-0.25, -0.2) is 15.0 Å². The smallest absolute Gasteiger partial charge is 0.228 e. The second-order valence-corrected chi connectivity index (χ2v) is 12.5.